The van der Waals surface area contributed by atoms with Crippen molar-refractivity contribution in [2.75, 3.05) is 12.4 Å². The van der Waals surface area contributed by atoms with E-state index in [1.165, 1.54) is 5.56 Å². The van der Waals surface area contributed by atoms with Gasteiger partial charge in [0.1, 0.15) is 22.5 Å². The fourth-order valence-corrected chi connectivity index (χ4v) is 3.86. The number of fused-ring (bicyclic) bond motifs is 4. The molecule has 0 unspecified atom stereocenters. The smallest absolute Gasteiger partial charge is 0.229 e. The SMILES string of the molecule is COc1cc2c(cc1NC(=O)Cc1coc3cc(C)c(C)cc13)oc1ccccc12. The number of anilines is 1. The minimum Gasteiger partial charge on any atom is -0.495 e. The molecule has 0 fully saturated rings. The molecule has 5 nitrogen and oxygen atoms in total. The first-order valence-corrected chi connectivity index (χ1v) is 9.80. The van der Waals surface area contributed by atoms with E-state index in [0.29, 0.717) is 17.0 Å². The molecule has 1 N–H and O–H groups in total. The molecule has 5 aromatic rings. The van der Waals surface area contributed by atoms with Crippen LogP contribution in [0.5, 0.6) is 5.75 Å². The first kappa shape index (κ1) is 18.3. The summed E-state index contributed by atoms with van der Waals surface area (Å²) in [6.45, 7) is 4.10. The Kier molecular flexibility index (Phi) is 4.24. The zero-order valence-electron chi connectivity index (χ0n) is 17.0. The van der Waals surface area contributed by atoms with Gasteiger partial charge in [-0.3, -0.25) is 4.79 Å². The van der Waals surface area contributed by atoms with E-state index in [2.05, 4.69) is 18.3 Å². The molecule has 1 amide bonds. The second kappa shape index (κ2) is 6.95. The lowest BCUT2D eigenvalue weighted by atomic mass is 10.0. The van der Waals surface area contributed by atoms with Crippen molar-refractivity contribution in [3.63, 3.8) is 0 Å². The Labute approximate surface area is 173 Å². The minimum atomic E-state index is -0.148. The Bertz CT molecular complexity index is 1420. The van der Waals surface area contributed by atoms with Gasteiger partial charge in [-0.25, -0.2) is 0 Å². The van der Waals surface area contributed by atoms with Crippen LogP contribution in [0.15, 0.2) is 63.6 Å². The lowest BCUT2D eigenvalue weighted by Gasteiger charge is -2.10. The summed E-state index contributed by atoms with van der Waals surface area (Å²) in [4.78, 5) is 12.8. The number of aryl methyl sites for hydroxylation is 2. The highest BCUT2D eigenvalue weighted by Gasteiger charge is 2.16. The third-order valence-corrected chi connectivity index (χ3v) is 5.59. The molecule has 0 saturated heterocycles. The lowest BCUT2D eigenvalue weighted by molar-refractivity contribution is -0.115. The monoisotopic (exact) mass is 399 g/mol. The summed E-state index contributed by atoms with van der Waals surface area (Å²) in [6.07, 6.45) is 1.86. The fraction of sp³-hybridized carbons (Fsp3) is 0.160. The summed E-state index contributed by atoms with van der Waals surface area (Å²) in [7, 11) is 1.59. The molecular formula is C25H21NO4. The summed E-state index contributed by atoms with van der Waals surface area (Å²) in [5.41, 5.74) is 6.06. The van der Waals surface area contributed by atoms with E-state index in [0.717, 1.165) is 38.5 Å². The number of para-hydroxylation sites is 1. The van der Waals surface area contributed by atoms with E-state index in [9.17, 15) is 4.79 Å². The Morgan fingerprint density at radius 3 is 2.57 bits per heavy atom. The third kappa shape index (κ3) is 2.99. The number of rotatable bonds is 4. The number of hydrogen-bond acceptors (Lipinski definition) is 4. The number of hydrogen-bond donors (Lipinski definition) is 1. The third-order valence-electron chi connectivity index (χ3n) is 5.59. The van der Waals surface area contributed by atoms with Crippen LogP contribution in [-0.4, -0.2) is 13.0 Å². The van der Waals surface area contributed by atoms with Crippen LogP contribution in [0.4, 0.5) is 5.69 Å². The number of methoxy groups -OCH3 is 1. The number of ether oxygens (including phenoxy) is 1. The van der Waals surface area contributed by atoms with Gasteiger partial charge in [0.2, 0.25) is 5.91 Å². The van der Waals surface area contributed by atoms with Crippen molar-refractivity contribution < 1.29 is 18.4 Å². The van der Waals surface area contributed by atoms with Gasteiger partial charge in [-0.05, 0) is 49.2 Å². The van der Waals surface area contributed by atoms with Crippen molar-refractivity contribution in [1.29, 1.82) is 0 Å². The molecule has 0 aliphatic rings. The quantitative estimate of drug-likeness (QED) is 0.394. The molecule has 0 saturated carbocycles. The van der Waals surface area contributed by atoms with E-state index in [1.54, 1.807) is 13.4 Å². The van der Waals surface area contributed by atoms with Gasteiger partial charge in [-0.2, -0.15) is 0 Å². The van der Waals surface area contributed by atoms with Crippen LogP contribution in [0.3, 0.4) is 0 Å². The summed E-state index contributed by atoms with van der Waals surface area (Å²) in [5, 5.41) is 5.89. The first-order valence-electron chi connectivity index (χ1n) is 9.80. The van der Waals surface area contributed by atoms with Gasteiger partial charge >= 0.3 is 0 Å². The summed E-state index contributed by atoms with van der Waals surface area (Å²) in [6, 6.07) is 15.6. The molecule has 0 aliphatic heterocycles. The molecule has 5 heteroatoms. The van der Waals surface area contributed by atoms with Crippen LogP contribution in [0, 0.1) is 13.8 Å². The van der Waals surface area contributed by atoms with Crippen molar-refractivity contribution in [1.82, 2.24) is 0 Å². The average Bonchev–Trinajstić information content (AvgIpc) is 3.28. The van der Waals surface area contributed by atoms with Crippen LogP contribution < -0.4 is 10.1 Å². The second-order valence-electron chi connectivity index (χ2n) is 7.57. The molecule has 0 radical (unpaired) electrons. The molecule has 0 atom stereocenters. The Morgan fingerprint density at radius 2 is 1.73 bits per heavy atom. The number of amides is 1. The highest BCUT2D eigenvalue weighted by Crippen LogP contribution is 2.36. The number of nitrogens with one attached hydrogen (secondary N) is 1. The number of carbonyl (C=O) groups is 1. The minimum absolute atomic E-state index is 0.148. The zero-order chi connectivity index (χ0) is 20.8. The van der Waals surface area contributed by atoms with Crippen LogP contribution >= 0.6 is 0 Å². The predicted molar refractivity (Wildman–Crippen MR) is 118 cm³/mol. The first-order chi connectivity index (χ1) is 14.5. The molecule has 2 aromatic heterocycles. The largest absolute Gasteiger partial charge is 0.495 e. The highest BCUT2D eigenvalue weighted by molar-refractivity contribution is 6.08. The topological polar surface area (TPSA) is 64.6 Å². The van der Waals surface area contributed by atoms with Crippen molar-refractivity contribution in [3.8, 4) is 5.75 Å². The molecule has 0 aliphatic carbocycles. The van der Waals surface area contributed by atoms with Crippen molar-refractivity contribution in [3.05, 3.63) is 71.5 Å². The number of furan rings is 2. The normalized spacial score (nSPS) is 11.4. The van der Waals surface area contributed by atoms with Gasteiger partial charge in [0, 0.05) is 27.8 Å². The summed E-state index contributed by atoms with van der Waals surface area (Å²) >= 11 is 0. The molecule has 0 spiro atoms. The molecule has 150 valence electrons. The highest BCUT2D eigenvalue weighted by atomic mass is 16.5. The van der Waals surface area contributed by atoms with Gasteiger partial charge < -0.3 is 18.9 Å². The van der Waals surface area contributed by atoms with Crippen molar-refractivity contribution in [2.45, 2.75) is 20.3 Å². The van der Waals surface area contributed by atoms with Gasteiger partial charge in [-0.15, -0.1) is 0 Å². The van der Waals surface area contributed by atoms with Crippen molar-refractivity contribution in [2.24, 2.45) is 0 Å². The molecule has 2 heterocycles. The van der Waals surface area contributed by atoms with Crippen molar-refractivity contribution >= 4 is 44.5 Å². The van der Waals surface area contributed by atoms with Gasteiger partial charge in [0.25, 0.3) is 0 Å². The van der Waals surface area contributed by atoms with Crippen LogP contribution in [0.1, 0.15) is 16.7 Å². The van der Waals surface area contributed by atoms with Crippen LogP contribution in [0.25, 0.3) is 32.9 Å². The fourth-order valence-electron chi connectivity index (χ4n) is 3.86. The second-order valence-corrected chi connectivity index (χ2v) is 7.57. The van der Waals surface area contributed by atoms with E-state index < -0.39 is 0 Å². The Hall–Kier alpha value is -3.73. The maximum atomic E-state index is 12.8. The maximum absolute atomic E-state index is 12.8. The molecule has 3 aromatic carbocycles. The summed E-state index contributed by atoms with van der Waals surface area (Å²) in [5.74, 6) is 0.440. The maximum Gasteiger partial charge on any atom is 0.229 e. The van der Waals surface area contributed by atoms with E-state index in [1.807, 2.05) is 49.4 Å². The molecular weight excluding hydrogens is 378 g/mol. The van der Waals surface area contributed by atoms with E-state index in [4.69, 9.17) is 13.6 Å². The predicted octanol–water partition coefficient (Wildman–Crippen LogP) is 6.14. The molecule has 5 rings (SSSR count). The standard InChI is InChI=1S/C25H21NO4/c1-14-8-18-16(13-29-22(18)9-15(14)2)10-25(27)26-20-12-23-19(11-24(20)28-3)17-6-4-5-7-21(17)30-23/h4-9,11-13H,10H2,1-3H3,(H,26,27). The van der Waals surface area contributed by atoms with Gasteiger partial charge in [0.05, 0.1) is 25.5 Å². The van der Waals surface area contributed by atoms with E-state index in [-0.39, 0.29) is 12.3 Å². The average molecular weight is 399 g/mol. The summed E-state index contributed by atoms with van der Waals surface area (Å²) < 4.78 is 17.1. The Balaban J connectivity index is 1.47. The van der Waals surface area contributed by atoms with Gasteiger partial charge in [0.15, 0.2) is 0 Å². The van der Waals surface area contributed by atoms with Gasteiger partial charge in [-0.1, -0.05) is 18.2 Å². The van der Waals surface area contributed by atoms with Crippen LogP contribution in [-0.2, 0) is 11.2 Å². The zero-order valence-corrected chi connectivity index (χ0v) is 17.0. The van der Waals surface area contributed by atoms with Crippen LogP contribution in [0.2, 0.25) is 0 Å². The number of benzene rings is 3. The molecule has 30 heavy (non-hydrogen) atoms. The lowest BCUT2D eigenvalue weighted by Crippen LogP contribution is -2.14. The Morgan fingerprint density at radius 1 is 0.933 bits per heavy atom. The van der Waals surface area contributed by atoms with E-state index >= 15 is 0 Å². The number of carbonyl (C=O) groups excluding carboxylic acids is 1. The molecule has 0 bridgehead atoms.